The lowest BCUT2D eigenvalue weighted by Gasteiger charge is -2.38. The van der Waals surface area contributed by atoms with Crippen LogP contribution in [0.25, 0.3) is 39.1 Å². The Balaban J connectivity index is 1.32. The molecule has 0 N–H and O–H groups in total. The zero-order chi connectivity index (χ0) is 32.9. The van der Waals surface area contributed by atoms with E-state index in [0.717, 1.165) is 52.2 Å². The van der Waals surface area contributed by atoms with Crippen LogP contribution in [-0.4, -0.2) is 13.7 Å². The van der Waals surface area contributed by atoms with Gasteiger partial charge in [-0.25, -0.2) is 0 Å². The number of benzene rings is 6. The molecule has 1 unspecified atom stereocenters. The van der Waals surface area contributed by atoms with Gasteiger partial charge in [-0.15, -0.1) is 0 Å². The van der Waals surface area contributed by atoms with Crippen molar-refractivity contribution in [3.8, 4) is 39.5 Å². The third-order valence-electron chi connectivity index (χ3n) is 10.2. The number of hydrogen-bond acceptors (Lipinski definition) is 3. The minimum absolute atomic E-state index is 0.241. The highest BCUT2D eigenvalue weighted by Crippen LogP contribution is 2.58. The molecule has 0 fully saturated rings. The van der Waals surface area contributed by atoms with Gasteiger partial charge in [-0.3, -0.25) is 0 Å². The van der Waals surface area contributed by atoms with E-state index in [2.05, 4.69) is 142 Å². The molecule has 48 heavy (non-hydrogen) atoms. The van der Waals surface area contributed by atoms with Gasteiger partial charge in [-0.1, -0.05) is 124 Å². The molecule has 0 bridgehead atoms. The van der Waals surface area contributed by atoms with Crippen LogP contribution in [0.2, 0.25) is 0 Å². The van der Waals surface area contributed by atoms with Gasteiger partial charge in [0.1, 0.15) is 17.2 Å². The summed E-state index contributed by atoms with van der Waals surface area (Å²) in [5.41, 5.74) is 9.86. The minimum Gasteiger partial charge on any atom is -0.497 e. The molecule has 1 aliphatic heterocycles. The predicted molar refractivity (Wildman–Crippen MR) is 197 cm³/mol. The molecule has 0 radical (unpaired) electrons. The highest BCUT2D eigenvalue weighted by molar-refractivity contribution is 6.08. The summed E-state index contributed by atoms with van der Waals surface area (Å²) in [5.74, 6) is 2.59. The molecule has 238 valence electrons. The quantitative estimate of drug-likeness (QED) is 0.157. The van der Waals surface area contributed by atoms with Crippen molar-refractivity contribution in [3.63, 3.8) is 0 Å². The summed E-state index contributed by atoms with van der Waals surface area (Å²) >= 11 is 0. The first kappa shape index (κ1) is 30.1. The minimum atomic E-state index is -0.853. The van der Waals surface area contributed by atoms with Crippen LogP contribution < -0.4 is 14.2 Å². The van der Waals surface area contributed by atoms with Crippen molar-refractivity contribution in [3.05, 3.63) is 155 Å². The van der Waals surface area contributed by atoms with Crippen molar-refractivity contribution >= 4 is 16.8 Å². The van der Waals surface area contributed by atoms with Crippen molar-refractivity contribution in [1.29, 1.82) is 0 Å². The van der Waals surface area contributed by atoms with Gasteiger partial charge < -0.3 is 14.2 Å². The Hall–Kier alpha value is -5.28. The molecule has 0 saturated carbocycles. The van der Waals surface area contributed by atoms with Crippen LogP contribution in [0.15, 0.2) is 127 Å². The molecule has 3 nitrogen and oxygen atoms in total. The van der Waals surface area contributed by atoms with Gasteiger partial charge in [0.2, 0.25) is 0 Å². The van der Waals surface area contributed by atoms with Crippen LogP contribution in [0.1, 0.15) is 61.4 Å². The number of ether oxygens (including phenoxy) is 3. The molecule has 2 aliphatic rings. The molecule has 0 saturated heterocycles. The van der Waals surface area contributed by atoms with E-state index in [0.29, 0.717) is 6.61 Å². The number of unbranched alkanes of at least 4 members (excludes halogenated alkanes) is 1. The van der Waals surface area contributed by atoms with E-state index in [1.54, 1.807) is 7.11 Å². The zero-order valence-electron chi connectivity index (χ0n) is 28.0. The summed E-state index contributed by atoms with van der Waals surface area (Å²) in [5, 5.41) is 2.33. The maximum atomic E-state index is 7.46. The molecule has 6 aromatic rings. The predicted octanol–water partition coefficient (Wildman–Crippen LogP) is 11.3. The van der Waals surface area contributed by atoms with Gasteiger partial charge in [-0.2, -0.15) is 0 Å². The summed E-state index contributed by atoms with van der Waals surface area (Å²) in [4.78, 5) is 0. The zero-order valence-corrected chi connectivity index (χ0v) is 28.0. The molecule has 0 amide bonds. The molecule has 0 aromatic heterocycles. The first-order valence-corrected chi connectivity index (χ1v) is 17.0. The van der Waals surface area contributed by atoms with Crippen LogP contribution in [0.4, 0.5) is 0 Å². The number of fused-ring (bicyclic) bond motifs is 8. The smallest absolute Gasteiger partial charge is 0.178 e. The van der Waals surface area contributed by atoms with Gasteiger partial charge in [-0.05, 0) is 81.6 Å². The molecule has 1 atom stereocenters. The maximum absolute atomic E-state index is 7.46. The lowest BCUT2D eigenvalue weighted by molar-refractivity contribution is 0.163. The standard InChI is InChI=1S/C45H40O3/c1-5-6-28-47-35-23-19-33(20-24-35)45(32-17-21-34(46-4)22-18-32)27-26-39-42-41(36-14-10-11-15-37(36)43(39)48-45)38-25-16-31(29-40(38)44(42,2)3)30-12-8-7-9-13-30/h7-27,29H,5-6,28H2,1-4H3. The average Bonchev–Trinajstić information content (AvgIpc) is 3.38. The third kappa shape index (κ3) is 4.72. The summed E-state index contributed by atoms with van der Waals surface area (Å²) in [6.45, 7) is 7.61. The summed E-state index contributed by atoms with van der Waals surface area (Å²) in [7, 11) is 1.70. The summed E-state index contributed by atoms with van der Waals surface area (Å²) in [6.07, 6.45) is 6.69. The van der Waals surface area contributed by atoms with Crippen molar-refractivity contribution < 1.29 is 14.2 Å². The largest absolute Gasteiger partial charge is 0.497 e. The average molecular weight is 629 g/mol. The molecule has 1 aliphatic carbocycles. The van der Waals surface area contributed by atoms with E-state index in [1.165, 1.54) is 38.8 Å². The lowest BCUT2D eigenvalue weighted by Crippen LogP contribution is -2.35. The van der Waals surface area contributed by atoms with E-state index < -0.39 is 5.60 Å². The third-order valence-corrected chi connectivity index (χ3v) is 10.2. The van der Waals surface area contributed by atoms with Gasteiger partial charge >= 0.3 is 0 Å². The van der Waals surface area contributed by atoms with Crippen LogP contribution in [0.5, 0.6) is 17.2 Å². The number of methoxy groups -OCH3 is 1. The fourth-order valence-electron chi connectivity index (χ4n) is 7.69. The first-order valence-electron chi connectivity index (χ1n) is 17.0. The highest BCUT2D eigenvalue weighted by atomic mass is 16.5. The Morgan fingerprint density at radius 2 is 1.35 bits per heavy atom. The Labute approximate surface area is 283 Å². The Bertz CT molecular complexity index is 2160. The van der Waals surface area contributed by atoms with Crippen molar-refractivity contribution in [2.45, 2.75) is 44.6 Å². The molecule has 6 aromatic carbocycles. The van der Waals surface area contributed by atoms with Crippen LogP contribution >= 0.6 is 0 Å². The fraction of sp³-hybridized carbons (Fsp3) is 0.200. The molecular weight excluding hydrogens is 588 g/mol. The van der Waals surface area contributed by atoms with E-state index in [4.69, 9.17) is 14.2 Å². The fourth-order valence-corrected chi connectivity index (χ4v) is 7.69. The van der Waals surface area contributed by atoms with Gasteiger partial charge in [0.15, 0.2) is 5.60 Å². The molecule has 8 rings (SSSR count). The normalized spacial score (nSPS) is 16.9. The van der Waals surface area contributed by atoms with E-state index >= 15 is 0 Å². The van der Waals surface area contributed by atoms with Crippen molar-refractivity contribution in [1.82, 2.24) is 0 Å². The Morgan fingerprint density at radius 1 is 0.688 bits per heavy atom. The van der Waals surface area contributed by atoms with Crippen LogP contribution in [0, 0.1) is 0 Å². The summed E-state index contributed by atoms with van der Waals surface area (Å²) in [6, 6.07) is 43.0. The van der Waals surface area contributed by atoms with Crippen LogP contribution in [0.3, 0.4) is 0 Å². The molecule has 1 heterocycles. The topological polar surface area (TPSA) is 27.7 Å². The lowest BCUT2D eigenvalue weighted by atomic mass is 9.76. The second-order valence-electron chi connectivity index (χ2n) is 13.4. The number of hydrogen-bond donors (Lipinski definition) is 0. The molecule has 0 spiro atoms. The highest BCUT2D eigenvalue weighted by Gasteiger charge is 2.44. The van der Waals surface area contributed by atoms with E-state index in [-0.39, 0.29) is 5.41 Å². The maximum Gasteiger partial charge on any atom is 0.178 e. The summed E-state index contributed by atoms with van der Waals surface area (Å²) < 4.78 is 19.0. The SMILES string of the molecule is CCCCOc1ccc(C2(c3ccc(OC)cc3)C=Cc3c4c(c5ccccc5c3O2)-c2ccc(-c3ccccc3)cc2C4(C)C)cc1. The molecular formula is C45H40O3. The monoisotopic (exact) mass is 628 g/mol. The van der Waals surface area contributed by atoms with E-state index in [9.17, 15) is 0 Å². The Kier molecular flexibility index (Phi) is 7.36. The Morgan fingerprint density at radius 3 is 2.04 bits per heavy atom. The van der Waals surface area contributed by atoms with Gasteiger partial charge in [0.05, 0.1) is 13.7 Å². The van der Waals surface area contributed by atoms with Crippen molar-refractivity contribution in [2.75, 3.05) is 13.7 Å². The first-order chi connectivity index (χ1) is 23.4. The van der Waals surface area contributed by atoms with Crippen molar-refractivity contribution in [2.24, 2.45) is 0 Å². The number of rotatable bonds is 8. The van der Waals surface area contributed by atoms with Gasteiger partial charge in [0, 0.05) is 27.5 Å². The van der Waals surface area contributed by atoms with E-state index in [1.807, 2.05) is 12.1 Å². The van der Waals surface area contributed by atoms with Crippen LogP contribution in [-0.2, 0) is 11.0 Å². The molecule has 3 heteroatoms. The second kappa shape index (κ2) is 11.8. The second-order valence-corrected chi connectivity index (χ2v) is 13.4. The van der Waals surface area contributed by atoms with Gasteiger partial charge in [0.25, 0.3) is 0 Å².